The van der Waals surface area contributed by atoms with Gasteiger partial charge in [-0.25, -0.2) is 0 Å². The van der Waals surface area contributed by atoms with Crippen LogP contribution in [0.15, 0.2) is 48.5 Å². The maximum absolute atomic E-state index is 12.3. The summed E-state index contributed by atoms with van der Waals surface area (Å²) in [5, 5.41) is 13.4. The molecular weight excluding hydrogens is 338 g/mol. The average Bonchev–Trinajstić information content (AvgIpc) is 2.61. The lowest BCUT2D eigenvalue weighted by atomic mass is 10.2. The molecule has 0 radical (unpaired) electrons. The fourth-order valence-corrected chi connectivity index (χ4v) is 2.12. The smallest absolute Gasteiger partial charge is 0.269 e. The van der Waals surface area contributed by atoms with Gasteiger partial charge < -0.3 is 15.0 Å². The molecule has 0 spiro atoms. The first-order valence-corrected chi connectivity index (χ1v) is 7.84. The predicted molar refractivity (Wildman–Crippen MR) is 97.3 cm³/mol. The van der Waals surface area contributed by atoms with Crippen LogP contribution in [0.4, 0.5) is 17.1 Å². The lowest BCUT2D eigenvalue weighted by molar-refractivity contribution is -0.384. The van der Waals surface area contributed by atoms with Gasteiger partial charge in [-0.2, -0.15) is 0 Å². The lowest BCUT2D eigenvalue weighted by Crippen LogP contribution is -2.30. The molecular formula is C18H19N3O5. The number of rotatable bonds is 6. The number of ether oxygens (including phenoxy) is 1. The summed E-state index contributed by atoms with van der Waals surface area (Å²) in [6.45, 7) is 3.02. The third kappa shape index (κ3) is 4.79. The van der Waals surface area contributed by atoms with Crippen molar-refractivity contribution in [3.8, 4) is 5.75 Å². The van der Waals surface area contributed by atoms with Gasteiger partial charge in [0, 0.05) is 37.5 Å². The van der Waals surface area contributed by atoms with Gasteiger partial charge in [0.05, 0.1) is 4.92 Å². The molecule has 2 amide bonds. The quantitative estimate of drug-likeness (QED) is 0.632. The monoisotopic (exact) mass is 357 g/mol. The number of nitro groups is 1. The molecule has 0 aliphatic heterocycles. The Kier molecular flexibility index (Phi) is 5.90. The van der Waals surface area contributed by atoms with Gasteiger partial charge in [0.15, 0.2) is 6.10 Å². The van der Waals surface area contributed by atoms with Crippen LogP contribution < -0.4 is 15.0 Å². The summed E-state index contributed by atoms with van der Waals surface area (Å²) in [6, 6.07) is 12.3. The number of hydrogen-bond donors (Lipinski definition) is 1. The molecule has 136 valence electrons. The second kappa shape index (κ2) is 8.11. The van der Waals surface area contributed by atoms with Crippen LogP contribution in [0.2, 0.25) is 0 Å². The molecule has 2 aromatic carbocycles. The van der Waals surface area contributed by atoms with E-state index in [0.717, 1.165) is 0 Å². The van der Waals surface area contributed by atoms with E-state index >= 15 is 0 Å². The molecule has 8 heteroatoms. The van der Waals surface area contributed by atoms with Crippen molar-refractivity contribution in [3.63, 3.8) is 0 Å². The molecule has 0 bridgehead atoms. The van der Waals surface area contributed by atoms with Crippen molar-refractivity contribution < 1.29 is 19.2 Å². The average molecular weight is 357 g/mol. The largest absolute Gasteiger partial charge is 0.481 e. The number of amides is 2. The minimum Gasteiger partial charge on any atom is -0.481 e. The number of nitrogens with one attached hydrogen (secondary N) is 1. The van der Waals surface area contributed by atoms with E-state index in [0.29, 0.717) is 17.1 Å². The van der Waals surface area contributed by atoms with Gasteiger partial charge in [-0.15, -0.1) is 0 Å². The SMILES string of the molecule is CC(=O)N(C)c1cccc(NC(=O)C(C)Oc2ccc([N+](=O)[O-])cc2)c1. The minimum absolute atomic E-state index is 0.0548. The summed E-state index contributed by atoms with van der Waals surface area (Å²) in [5.74, 6) is -0.155. The summed E-state index contributed by atoms with van der Waals surface area (Å²) in [6.07, 6.45) is -0.814. The van der Waals surface area contributed by atoms with Crippen LogP contribution in [-0.2, 0) is 9.59 Å². The van der Waals surface area contributed by atoms with Gasteiger partial charge >= 0.3 is 0 Å². The second-order valence-electron chi connectivity index (χ2n) is 5.63. The van der Waals surface area contributed by atoms with Crippen molar-refractivity contribution in [1.82, 2.24) is 0 Å². The molecule has 0 aromatic heterocycles. The van der Waals surface area contributed by atoms with E-state index in [4.69, 9.17) is 4.74 Å². The number of carbonyl (C=O) groups excluding carboxylic acids is 2. The van der Waals surface area contributed by atoms with Crippen molar-refractivity contribution in [2.24, 2.45) is 0 Å². The Hall–Kier alpha value is -3.42. The van der Waals surface area contributed by atoms with Gasteiger partial charge in [-0.1, -0.05) is 6.07 Å². The molecule has 0 saturated carbocycles. The summed E-state index contributed by atoms with van der Waals surface area (Å²) in [4.78, 5) is 35.3. The van der Waals surface area contributed by atoms with Gasteiger partial charge in [0.2, 0.25) is 5.91 Å². The molecule has 1 atom stereocenters. The Morgan fingerprint density at radius 2 is 1.85 bits per heavy atom. The third-order valence-electron chi connectivity index (χ3n) is 3.70. The maximum atomic E-state index is 12.3. The van der Waals surface area contributed by atoms with Crippen LogP contribution in [0.25, 0.3) is 0 Å². The first kappa shape index (κ1) is 18.9. The standard InChI is InChI=1S/C18H19N3O5/c1-12(26-17-9-7-15(8-10-17)21(24)25)18(23)19-14-5-4-6-16(11-14)20(3)13(2)22/h4-12H,1-3H3,(H,19,23). The number of anilines is 2. The van der Waals surface area contributed by atoms with E-state index in [1.807, 2.05) is 0 Å². The summed E-state index contributed by atoms with van der Waals surface area (Å²) < 4.78 is 5.50. The van der Waals surface area contributed by atoms with Crippen LogP contribution in [0.5, 0.6) is 5.75 Å². The first-order valence-electron chi connectivity index (χ1n) is 7.84. The van der Waals surface area contributed by atoms with Crippen LogP contribution >= 0.6 is 0 Å². The fourth-order valence-electron chi connectivity index (χ4n) is 2.12. The molecule has 1 unspecified atom stereocenters. The Morgan fingerprint density at radius 3 is 2.42 bits per heavy atom. The van der Waals surface area contributed by atoms with Gasteiger partial charge in [0.1, 0.15) is 5.75 Å². The topological polar surface area (TPSA) is 102 Å². The fraction of sp³-hybridized carbons (Fsp3) is 0.222. The molecule has 1 N–H and O–H groups in total. The highest BCUT2D eigenvalue weighted by Crippen LogP contribution is 2.21. The number of non-ortho nitro benzene ring substituents is 1. The number of nitro benzene ring substituents is 1. The maximum Gasteiger partial charge on any atom is 0.269 e. The van der Waals surface area contributed by atoms with Gasteiger partial charge in [-0.3, -0.25) is 19.7 Å². The predicted octanol–water partition coefficient (Wildman–Crippen LogP) is 2.98. The van der Waals surface area contributed by atoms with Crippen LogP contribution in [0.1, 0.15) is 13.8 Å². The Bertz CT molecular complexity index is 820. The van der Waals surface area contributed by atoms with Crippen LogP contribution in [-0.4, -0.2) is 29.9 Å². The Balaban J connectivity index is 2.01. The van der Waals surface area contributed by atoms with E-state index in [2.05, 4.69) is 5.32 Å². The third-order valence-corrected chi connectivity index (χ3v) is 3.70. The van der Waals surface area contributed by atoms with E-state index in [1.165, 1.54) is 36.1 Å². The minimum atomic E-state index is -0.814. The van der Waals surface area contributed by atoms with Crippen molar-refractivity contribution in [2.75, 3.05) is 17.3 Å². The molecule has 0 aliphatic rings. The number of benzene rings is 2. The molecule has 8 nitrogen and oxygen atoms in total. The molecule has 2 rings (SSSR count). The summed E-state index contributed by atoms with van der Waals surface area (Å²) in [5.41, 5.74) is 1.12. The van der Waals surface area contributed by atoms with Crippen LogP contribution in [0.3, 0.4) is 0 Å². The van der Waals surface area contributed by atoms with E-state index in [1.54, 1.807) is 38.2 Å². The Labute approximate surface area is 150 Å². The number of carbonyl (C=O) groups is 2. The molecule has 26 heavy (non-hydrogen) atoms. The molecule has 2 aromatic rings. The second-order valence-corrected chi connectivity index (χ2v) is 5.63. The highest BCUT2D eigenvalue weighted by Gasteiger charge is 2.16. The summed E-state index contributed by atoms with van der Waals surface area (Å²) in [7, 11) is 1.64. The number of nitrogens with zero attached hydrogens (tertiary/aromatic N) is 2. The van der Waals surface area contributed by atoms with E-state index in [-0.39, 0.29) is 17.5 Å². The van der Waals surface area contributed by atoms with Gasteiger partial charge in [-0.05, 0) is 37.3 Å². The zero-order valence-corrected chi connectivity index (χ0v) is 14.6. The first-order chi connectivity index (χ1) is 12.3. The Morgan fingerprint density at radius 1 is 1.19 bits per heavy atom. The van der Waals surface area contributed by atoms with E-state index < -0.39 is 11.0 Å². The van der Waals surface area contributed by atoms with Crippen molar-refractivity contribution >= 4 is 28.9 Å². The molecule has 0 aliphatic carbocycles. The van der Waals surface area contributed by atoms with E-state index in [9.17, 15) is 19.7 Å². The van der Waals surface area contributed by atoms with Crippen LogP contribution in [0, 0.1) is 10.1 Å². The zero-order valence-electron chi connectivity index (χ0n) is 14.6. The molecule has 0 heterocycles. The molecule has 0 saturated heterocycles. The van der Waals surface area contributed by atoms with Gasteiger partial charge in [0.25, 0.3) is 11.6 Å². The zero-order chi connectivity index (χ0) is 19.3. The van der Waals surface area contributed by atoms with Crippen molar-refractivity contribution in [3.05, 3.63) is 58.6 Å². The number of hydrogen-bond acceptors (Lipinski definition) is 5. The summed E-state index contributed by atoms with van der Waals surface area (Å²) >= 11 is 0. The van der Waals surface area contributed by atoms with Crippen molar-refractivity contribution in [2.45, 2.75) is 20.0 Å². The highest BCUT2D eigenvalue weighted by molar-refractivity contribution is 5.96. The normalized spacial score (nSPS) is 11.3. The molecule has 0 fully saturated rings. The lowest BCUT2D eigenvalue weighted by Gasteiger charge is -2.17. The van der Waals surface area contributed by atoms with Crippen molar-refractivity contribution in [1.29, 1.82) is 0 Å². The highest BCUT2D eigenvalue weighted by atomic mass is 16.6.